The number of hydrogen-bond donors (Lipinski definition) is 2. The zero-order valence-electron chi connectivity index (χ0n) is 14.5. The molecule has 3 rings (SSSR count). The Bertz CT molecular complexity index is 899. The van der Waals surface area contributed by atoms with Gasteiger partial charge in [-0.1, -0.05) is 29.8 Å². The molecule has 3 aromatic rings. The van der Waals surface area contributed by atoms with Crippen LogP contribution in [0.25, 0.3) is 5.69 Å². The third-order valence-corrected chi connectivity index (χ3v) is 4.27. The van der Waals surface area contributed by atoms with Crippen LogP contribution in [0.1, 0.15) is 30.4 Å². The number of halogens is 2. The van der Waals surface area contributed by atoms with Crippen LogP contribution in [-0.2, 0) is 0 Å². The summed E-state index contributed by atoms with van der Waals surface area (Å²) in [5.74, 6) is 0.259. The average Bonchev–Trinajstić information content (AvgIpc) is 3.06. The van der Waals surface area contributed by atoms with Gasteiger partial charge >= 0.3 is 0 Å². The normalized spacial score (nSPS) is 13.4. The maximum absolute atomic E-state index is 13.4. The molecule has 2 aromatic carbocycles. The molecule has 136 valence electrons. The van der Waals surface area contributed by atoms with Crippen LogP contribution in [0.3, 0.4) is 0 Å². The van der Waals surface area contributed by atoms with E-state index in [9.17, 15) is 4.39 Å². The van der Waals surface area contributed by atoms with Gasteiger partial charge in [-0.05, 0) is 42.8 Å². The Kier molecular flexibility index (Phi) is 5.56. The van der Waals surface area contributed by atoms with Crippen molar-refractivity contribution in [2.24, 2.45) is 5.73 Å². The van der Waals surface area contributed by atoms with Crippen molar-refractivity contribution < 1.29 is 9.13 Å². The highest BCUT2D eigenvalue weighted by Gasteiger charge is 2.18. The van der Waals surface area contributed by atoms with Crippen molar-refractivity contribution in [3.8, 4) is 11.6 Å². The Morgan fingerprint density at radius 3 is 2.65 bits per heavy atom. The molecule has 0 aliphatic heterocycles. The average molecular weight is 375 g/mol. The summed E-state index contributed by atoms with van der Waals surface area (Å²) in [4.78, 5) is 0. The van der Waals surface area contributed by atoms with E-state index in [1.54, 1.807) is 36.1 Å². The number of benzene rings is 2. The third kappa shape index (κ3) is 4.04. The number of aromatic nitrogens is 2. The molecule has 0 radical (unpaired) electrons. The second kappa shape index (κ2) is 7.86. The Morgan fingerprint density at radius 2 is 1.96 bits per heavy atom. The number of rotatable bonds is 6. The van der Waals surface area contributed by atoms with E-state index in [0.717, 1.165) is 11.4 Å². The van der Waals surface area contributed by atoms with Crippen molar-refractivity contribution in [1.82, 2.24) is 15.1 Å². The van der Waals surface area contributed by atoms with E-state index in [1.807, 2.05) is 25.1 Å². The van der Waals surface area contributed by atoms with Crippen LogP contribution in [0.5, 0.6) is 5.88 Å². The van der Waals surface area contributed by atoms with Crippen LogP contribution in [0.4, 0.5) is 4.39 Å². The van der Waals surface area contributed by atoms with Crippen LogP contribution in [0.15, 0.2) is 54.6 Å². The van der Waals surface area contributed by atoms with Crippen LogP contribution >= 0.6 is 11.6 Å². The first-order valence-electron chi connectivity index (χ1n) is 8.15. The summed E-state index contributed by atoms with van der Waals surface area (Å²) < 4.78 is 20.5. The molecule has 0 aliphatic carbocycles. The molecule has 0 saturated carbocycles. The van der Waals surface area contributed by atoms with Crippen molar-refractivity contribution in [3.63, 3.8) is 0 Å². The standard InChI is InChI=1S/C19H20ClFN4O/c1-12(23-19(22)13-5-3-7-15(21)9-13)17-11-18(26-2)25(24-17)16-8-4-6-14(20)10-16/h3-12,19,23H,22H2,1-2H3/t12?,19-/m0/s1. The van der Waals surface area contributed by atoms with E-state index in [1.165, 1.54) is 12.1 Å². The monoisotopic (exact) mass is 374 g/mol. The number of nitrogens with zero attached hydrogens (tertiary/aromatic N) is 2. The lowest BCUT2D eigenvalue weighted by Gasteiger charge is -2.19. The smallest absolute Gasteiger partial charge is 0.216 e. The molecule has 2 atom stereocenters. The molecule has 1 aromatic heterocycles. The van der Waals surface area contributed by atoms with Gasteiger partial charge < -0.3 is 10.5 Å². The van der Waals surface area contributed by atoms with Crippen molar-refractivity contribution in [1.29, 1.82) is 0 Å². The minimum Gasteiger partial charge on any atom is -0.481 e. The van der Waals surface area contributed by atoms with Gasteiger partial charge in [-0.25, -0.2) is 9.07 Å². The summed E-state index contributed by atoms with van der Waals surface area (Å²) in [5, 5.41) is 8.43. The first-order chi connectivity index (χ1) is 12.5. The summed E-state index contributed by atoms with van der Waals surface area (Å²) in [6, 6.07) is 15.2. The fourth-order valence-electron chi connectivity index (χ4n) is 2.68. The SMILES string of the molecule is COc1cc(C(C)N[C@H](N)c2cccc(F)c2)nn1-c1cccc(Cl)c1. The Hall–Kier alpha value is -2.41. The second-order valence-corrected chi connectivity index (χ2v) is 6.36. The minimum absolute atomic E-state index is 0.178. The molecule has 1 unspecified atom stereocenters. The first-order valence-corrected chi connectivity index (χ1v) is 8.52. The molecule has 0 fully saturated rings. The fraction of sp³-hybridized carbons (Fsp3) is 0.211. The molecule has 5 nitrogen and oxygen atoms in total. The van der Waals surface area contributed by atoms with Crippen LogP contribution in [0, 0.1) is 5.82 Å². The number of nitrogens with one attached hydrogen (secondary N) is 1. The molecule has 1 heterocycles. The number of ether oxygens (including phenoxy) is 1. The summed E-state index contributed by atoms with van der Waals surface area (Å²) in [7, 11) is 1.58. The van der Waals surface area contributed by atoms with Crippen molar-refractivity contribution >= 4 is 11.6 Å². The molecule has 0 aliphatic rings. The van der Waals surface area contributed by atoms with E-state index in [0.29, 0.717) is 16.5 Å². The Morgan fingerprint density at radius 1 is 1.19 bits per heavy atom. The van der Waals surface area contributed by atoms with Gasteiger partial charge in [0, 0.05) is 11.1 Å². The molecule has 0 bridgehead atoms. The molecule has 26 heavy (non-hydrogen) atoms. The molecule has 0 saturated heterocycles. The van der Waals surface area contributed by atoms with E-state index >= 15 is 0 Å². The minimum atomic E-state index is -0.525. The van der Waals surface area contributed by atoms with Gasteiger partial charge in [-0.15, -0.1) is 0 Å². The first kappa shape index (κ1) is 18.4. The lowest BCUT2D eigenvalue weighted by atomic mass is 10.1. The van der Waals surface area contributed by atoms with Gasteiger partial charge in [-0.2, -0.15) is 5.10 Å². The maximum atomic E-state index is 13.4. The summed E-state index contributed by atoms with van der Waals surface area (Å²) in [6.07, 6.45) is -0.525. The molecular weight excluding hydrogens is 355 g/mol. The van der Waals surface area contributed by atoms with Gasteiger partial charge in [0.25, 0.3) is 0 Å². The lowest BCUT2D eigenvalue weighted by Crippen LogP contribution is -2.31. The van der Waals surface area contributed by atoms with Gasteiger partial charge in [0.1, 0.15) is 5.82 Å². The van der Waals surface area contributed by atoms with Crippen LogP contribution < -0.4 is 15.8 Å². The van der Waals surface area contributed by atoms with Crippen LogP contribution in [-0.4, -0.2) is 16.9 Å². The van der Waals surface area contributed by atoms with Gasteiger partial charge in [-0.3, -0.25) is 5.32 Å². The summed E-state index contributed by atoms with van der Waals surface area (Å²) in [6.45, 7) is 1.93. The predicted octanol–water partition coefficient (Wildman–Crippen LogP) is 3.98. The molecule has 3 N–H and O–H groups in total. The molecular formula is C19H20ClFN4O. The highest BCUT2D eigenvalue weighted by Crippen LogP contribution is 2.25. The topological polar surface area (TPSA) is 65.1 Å². The zero-order valence-corrected chi connectivity index (χ0v) is 15.2. The fourth-order valence-corrected chi connectivity index (χ4v) is 2.87. The highest BCUT2D eigenvalue weighted by molar-refractivity contribution is 6.30. The van der Waals surface area contributed by atoms with E-state index in [2.05, 4.69) is 10.4 Å². The second-order valence-electron chi connectivity index (χ2n) is 5.92. The Balaban J connectivity index is 1.82. The van der Waals surface area contributed by atoms with Gasteiger partial charge in [0.15, 0.2) is 0 Å². The zero-order chi connectivity index (χ0) is 18.7. The van der Waals surface area contributed by atoms with Gasteiger partial charge in [0.2, 0.25) is 5.88 Å². The number of methoxy groups -OCH3 is 1. The molecule has 7 heteroatoms. The molecule has 0 spiro atoms. The van der Waals surface area contributed by atoms with Gasteiger partial charge in [0.05, 0.1) is 30.7 Å². The van der Waals surface area contributed by atoms with E-state index in [-0.39, 0.29) is 11.9 Å². The maximum Gasteiger partial charge on any atom is 0.216 e. The quantitative estimate of drug-likeness (QED) is 0.640. The number of nitrogens with two attached hydrogens (primary N) is 1. The van der Waals surface area contributed by atoms with Crippen molar-refractivity contribution in [3.05, 3.63) is 76.7 Å². The molecule has 0 amide bonds. The summed E-state index contributed by atoms with van der Waals surface area (Å²) >= 11 is 6.07. The van der Waals surface area contributed by atoms with Crippen LogP contribution in [0.2, 0.25) is 5.02 Å². The van der Waals surface area contributed by atoms with E-state index < -0.39 is 6.17 Å². The Labute approximate surface area is 156 Å². The lowest BCUT2D eigenvalue weighted by molar-refractivity contribution is 0.383. The van der Waals surface area contributed by atoms with E-state index in [4.69, 9.17) is 22.1 Å². The van der Waals surface area contributed by atoms with Crippen molar-refractivity contribution in [2.75, 3.05) is 7.11 Å². The number of hydrogen-bond acceptors (Lipinski definition) is 4. The highest BCUT2D eigenvalue weighted by atomic mass is 35.5. The van der Waals surface area contributed by atoms with Crippen molar-refractivity contribution in [2.45, 2.75) is 19.1 Å². The third-order valence-electron chi connectivity index (χ3n) is 4.04. The summed E-state index contributed by atoms with van der Waals surface area (Å²) in [5.41, 5.74) is 8.35. The largest absolute Gasteiger partial charge is 0.481 e. The predicted molar refractivity (Wildman–Crippen MR) is 100 cm³/mol.